The number of carbonyl (C=O) groups excluding carboxylic acids is 1. The summed E-state index contributed by atoms with van der Waals surface area (Å²) < 4.78 is 11.2. The van der Waals surface area contributed by atoms with Crippen molar-refractivity contribution in [2.45, 2.75) is 19.9 Å². The summed E-state index contributed by atoms with van der Waals surface area (Å²) in [5, 5.41) is 15.9. The Hall–Kier alpha value is -3.89. The maximum atomic E-state index is 12.1. The fourth-order valence-corrected chi connectivity index (χ4v) is 4.87. The van der Waals surface area contributed by atoms with Gasteiger partial charge in [-0.15, -0.1) is 0 Å². The van der Waals surface area contributed by atoms with E-state index in [2.05, 4.69) is 27.8 Å². The third-order valence-corrected chi connectivity index (χ3v) is 7.13. The zero-order valence-electron chi connectivity index (χ0n) is 23.7. The molecule has 2 aromatic carbocycles. The summed E-state index contributed by atoms with van der Waals surface area (Å²) in [6.07, 6.45) is 2.07. The Balaban J connectivity index is 1.56. The summed E-state index contributed by atoms with van der Waals surface area (Å²) in [5.74, 6) is 0.876. The van der Waals surface area contributed by atoms with E-state index in [1.54, 1.807) is 18.1 Å². The highest BCUT2D eigenvalue weighted by atomic mass is 16.5. The first-order valence-corrected chi connectivity index (χ1v) is 13.8. The van der Waals surface area contributed by atoms with Gasteiger partial charge in [-0.25, -0.2) is 0 Å². The number of likely N-dealkylation sites (N-methyl/N-ethyl adjacent to an activating group) is 2. The molecule has 214 valence electrons. The number of nitrogens with one attached hydrogen (secondary N) is 1. The minimum atomic E-state index is -0.0930. The number of amides is 1. The summed E-state index contributed by atoms with van der Waals surface area (Å²) in [7, 11) is 3.71. The summed E-state index contributed by atoms with van der Waals surface area (Å²) in [5.41, 5.74) is 2.90. The van der Waals surface area contributed by atoms with Crippen LogP contribution in [0.15, 0.2) is 49.1 Å². The van der Waals surface area contributed by atoms with Gasteiger partial charge in [0.2, 0.25) is 5.91 Å². The fourth-order valence-electron chi connectivity index (χ4n) is 4.87. The molecule has 0 unspecified atom stereocenters. The van der Waals surface area contributed by atoms with Crippen LogP contribution in [0.4, 0.5) is 11.5 Å². The second kappa shape index (κ2) is 14.0. The largest absolute Gasteiger partial charge is 0.508 e. The maximum absolute atomic E-state index is 12.1. The fraction of sp³-hybridized carbons (Fsp3) is 0.433. The summed E-state index contributed by atoms with van der Waals surface area (Å²) >= 11 is 0. The molecule has 0 fully saturated rings. The molecule has 2 N–H and O–H groups in total. The molecule has 10 heteroatoms. The highest BCUT2D eigenvalue weighted by molar-refractivity contribution is 5.95. The molecule has 0 bridgehead atoms. The molecule has 40 heavy (non-hydrogen) atoms. The van der Waals surface area contributed by atoms with Crippen LogP contribution in [0.25, 0.3) is 10.8 Å². The molecule has 0 atom stereocenters. The van der Waals surface area contributed by atoms with Crippen LogP contribution < -0.4 is 15.0 Å². The molecule has 0 saturated heterocycles. The van der Waals surface area contributed by atoms with Crippen LogP contribution in [0, 0.1) is 0 Å². The second-order valence-corrected chi connectivity index (χ2v) is 9.83. The van der Waals surface area contributed by atoms with Crippen molar-refractivity contribution in [3.05, 3.63) is 60.3 Å². The van der Waals surface area contributed by atoms with Gasteiger partial charge in [0.05, 0.1) is 18.8 Å². The number of aromatic nitrogens is 2. The number of methoxy groups -OCH3 is 1. The van der Waals surface area contributed by atoms with Gasteiger partial charge in [0.1, 0.15) is 18.2 Å². The van der Waals surface area contributed by atoms with Gasteiger partial charge in [-0.1, -0.05) is 30.8 Å². The molecule has 1 aliphatic heterocycles. The number of nitrogens with zero attached hydrogens (tertiary/aromatic N) is 5. The van der Waals surface area contributed by atoms with Crippen LogP contribution in [-0.2, 0) is 22.5 Å². The van der Waals surface area contributed by atoms with Crippen LogP contribution in [0.1, 0.15) is 18.2 Å². The number of fused-ring (bicyclic) bond motifs is 2. The van der Waals surface area contributed by atoms with Gasteiger partial charge in [0, 0.05) is 69.1 Å². The quantitative estimate of drug-likeness (QED) is 0.294. The van der Waals surface area contributed by atoms with E-state index in [1.165, 1.54) is 6.08 Å². The van der Waals surface area contributed by atoms with E-state index < -0.39 is 0 Å². The molecule has 0 aliphatic carbocycles. The molecule has 1 aliphatic rings. The predicted octanol–water partition coefficient (Wildman–Crippen LogP) is 3.30. The van der Waals surface area contributed by atoms with Crippen LogP contribution in [0.2, 0.25) is 0 Å². The van der Waals surface area contributed by atoms with Crippen molar-refractivity contribution >= 4 is 28.2 Å². The highest BCUT2D eigenvalue weighted by Gasteiger charge is 2.25. The lowest BCUT2D eigenvalue weighted by molar-refractivity contribution is -0.125. The van der Waals surface area contributed by atoms with Crippen molar-refractivity contribution in [1.29, 1.82) is 0 Å². The number of hydrogen-bond acceptors (Lipinski definition) is 9. The van der Waals surface area contributed by atoms with E-state index in [0.717, 1.165) is 53.0 Å². The smallest absolute Gasteiger partial charge is 0.318 e. The number of aromatic hydroxyl groups is 1. The van der Waals surface area contributed by atoms with Crippen LogP contribution in [0.5, 0.6) is 11.8 Å². The number of carbonyl (C=O) groups is 1. The summed E-state index contributed by atoms with van der Waals surface area (Å²) in [6, 6.07) is 12.0. The monoisotopic (exact) mass is 548 g/mol. The Morgan fingerprint density at radius 1 is 1.20 bits per heavy atom. The van der Waals surface area contributed by atoms with Gasteiger partial charge in [0.25, 0.3) is 0 Å². The number of phenols is 1. The van der Waals surface area contributed by atoms with Gasteiger partial charge in [-0.05, 0) is 37.9 Å². The third kappa shape index (κ3) is 7.19. The number of benzene rings is 2. The minimum Gasteiger partial charge on any atom is -0.508 e. The highest BCUT2D eigenvalue weighted by Crippen LogP contribution is 2.35. The van der Waals surface area contributed by atoms with Gasteiger partial charge in [0.15, 0.2) is 0 Å². The van der Waals surface area contributed by atoms with E-state index in [4.69, 9.17) is 19.4 Å². The lowest BCUT2D eigenvalue weighted by Gasteiger charge is -2.32. The van der Waals surface area contributed by atoms with Crippen LogP contribution in [0.3, 0.4) is 0 Å². The Kier molecular flexibility index (Phi) is 10.2. The molecule has 0 radical (unpaired) electrons. The zero-order valence-corrected chi connectivity index (χ0v) is 23.7. The molecule has 2 heterocycles. The first-order chi connectivity index (χ1) is 19.4. The summed E-state index contributed by atoms with van der Waals surface area (Å²) in [4.78, 5) is 27.7. The van der Waals surface area contributed by atoms with Crippen LogP contribution in [-0.4, -0.2) is 97.4 Å². The molecular weight excluding hydrogens is 508 g/mol. The van der Waals surface area contributed by atoms with E-state index in [-0.39, 0.29) is 11.7 Å². The van der Waals surface area contributed by atoms with Crippen molar-refractivity contribution in [1.82, 2.24) is 19.8 Å². The first kappa shape index (κ1) is 29.1. The molecule has 1 aromatic heterocycles. The Morgan fingerprint density at radius 2 is 2.00 bits per heavy atom. The second-order valence-electron chi connectivity index (χ2n) is 9.83. The predicted molar refractivity (Wildman–Crippen MR) is 158 cm³/mol. The summed E-state index contributed by atoms with van der Waals surface area (Å²) in [6.45, 7) is 11.1. The molecule has 4 rings (SSSR count). The van der Waals surface area contributed by atoms with E-state index in [1.807, 2.05) is 38.2 Å². The van der Waals surface area contributed by atoms with Gasteiger partial charge < -0.3 is 34.6 Å². The molecule has 1 amide bonds. The van der Waals surface area contributed by atoms with E-state index in [9.17, 15) is 9.90 Å². The average Bonchev–Trinajstić information content (AvgIpc) is 2.97. The average molecular weight is 549 g/mol. The minimum absolute atomic E-state index is 0.0930. The Bertz CT molecular complexity index is 1320. The number of ether oxygens (including phenoxy) is 2. The van der Waals surface area contributed by atoms with Gasteiger partial charge >= 0.3 is 6.01 Å². The van der Waals surface area contributed by atoms with Crippen molar-refractivity contribution in [2.24, 2.45) is 0 Å². The molecule has 0 saturated carbocycles. The normalized spacial score (nSPS) is 12.8. The van der Waals surface area contributed by atoms with Crippen molar-refractivity contribution < 1.29 is 19.4 Å². The van der Waals surface area contributed by atoms with Crippen LogP contribution >= 0.6 is 0 Å². The number of hydrogen-bond donors (Lipinski definition) is 2. The van der Waals surface area contributed by atoms with E-state index in [0.29, 0.717) is 51.9 Å². The number of anilines is 2. The topological polar surface area (TPSA) is 103 Å². The molecule has 0 spiro atoms. The van der Waals surface area contributed by atoms with Crippen molar-refractivity contribution in [2.75, 3.05) is 76.9 Å². The number of rotatable bonds is 14. The molecule has 3 aromatic rings. The Morgan fingerprint density at radius 3 is 2.77 bits per heavy atom. The zero-order chi connectivity index (χ0) is 28.5. The van der Waals surface area contributed by atoms with Gasteiger partial charge in [-0.2, -0.15) is 9.97 Å². The lowest BCUT2D eigenvalue weighted by Crippen LogP contribution is -2.35. The van der Waals surface area contributed by atoms with E-state index >= 15 is 0 Å². The Labute approximate surface area is 236 Å². The molecular formula is C30H40N6O4. The first-order valence-electron chi connectivity index (χ1n) is 13.8. The van der Waals surface area contributed by atoms with Gasteiger partial charge in [-0.3, -0.25) is 4.79 Å². The lowest BCUT2D eigenvalue weighted by atomic mass is 10.0. The molecule has 10 nitrogen and oxygen atoms in total. The maximum Gasteiger partial charge on any atom is 0.318 e. The number of phenolic OH excluding ortho intramolecular Hbond substituents is 1. The third-order valence-electron chi connectivity index (χ3n) is 7.13. The standard InChI is InChI=1S/C30H40N6O4/c1-5-28(38)35(6-2)14-12-31-29-25-11-13-36(27-20-23(37)19-22-9-7-8-10-24(22)27)21-26(25)32-30(33-29)40-18-16-34(3)15-17-39-4/h5,7-10,19-20,37H,1,6,11-18,21H2,2-4H3,(H,31,32,33). The SMILES string of the molecule is C=CC(=O)N(CC)CCNc1nc(OCCN(C)CCOC)nc2c1CCN(c1cc(O)cc3ccccc13)C2. The van der Waals surface area contributed by atoms with Crippen molar-refractivity contribution in [3.63, 3.8) is 0 Å². The van der Waals surface area contributed by atoms with Crippen molar-refractivity contribution in [3.8, 4) is 11.8 Å².